The third-order valence-electron chi connectivity index (χ3n) is 3.41. The van der Waals surface area contributed by atoms with Crippen molar-refractivity contribution >= 4 is 12.0 Å². The van der Waals surface area contributed by atoms with E-state index in [1.54, 1.807) is 19.1 Å². The summed E-state index contributed by atoms with van der Waals surface area (Å²) in [5.41, 5.74) is 1.59. The first-order chi connectivity index (χ1) is 10.0. The molecule has 0 radical (unpaired) electrons. The maximum atomic E-state index is 13.5. The molecule has 0 bridgehead atoms. The number of carboxylic acid groups (broad SMARTS) is 1. The number of hydrogen-bond acceptors (Lipinski definition) is 3. The molecule has 0 spiro atoms. The highest BCUT2D eigenvalue weighted by molar-refractivity contribution is 5.92. The highest BCUT2D eigenvalue weighted by atomic mass is 19.1. The molecule has 0 aliphatic carbocycles. The quantitative estimate of drug-likeness (QED) is 0.620. The third-order valence-corrected chi connectivity index (χ3v) is 3.41. The average molecular weight is 294 g/mol. The van der Waals surface area contributed by atoms with Crippen LogP contribution in [-0.4, -0.2) is 30.4 Å². The van der Waals surface area contributed by atoms with Crippen LogP contribution in [0.25, 0.3) is 6.08 Å². The van der Waals surface area contributed by atoms with Crippen molar-refractivity contribution in [3.8, 4) is 0 Å². The summed E-state index contributed by atoms with van der Waals surface area (Å²) in [6.45, 7) is 4.75. The predicted molar refractivity (Wildman–Crippen MR) is 76.4 cm³/mol. The summed E-state index contributed by atoms with van der Waals surface area (Å²) in [5.74, 6) is -1.33. The fourth-order valence-corrected chi connectivity index (χ4v) is 2.04. The minimum Gasteiger partial charge on any atom is -0.478 e. The molecule has 1 heterocycles. The number of carbonyl (C=O) groups is 1. The van der Waals surface area contributed by atoms with E-state index in [9.17, 15) is 9.18 Å². The molecule has 1 saturated heterocycles. The van der Waals surface area contributed by atoms with Gasteiger partial charge in [-0.05, 0) is 42.7 Å². The fraction of sp³-hybridized carbons (Fsp3) is 0.438. The third kappa shape index (κ3) is 4.37. The molecule has 0 unspecified atom stereocenters. The molecule has 4 nitrogen and oxygen atoms in total. The van der Waals surface area contributed by atoms with Gasteiger partial charge in [0.1, 0.15) is 11.9 Å². The van der Waals surface area contributed by atoms with E-state index < -0.39 is 5.97 Å². The molecule has 1 N–H and O–H groups in total. The fourth-order valence-electron chi connectivity index (χ4n) is 2.04. The van der Waals surface area contributed by atoms with Crippen LogP contribution in [0.4, 0.5) is 4.39 Å². The lowest BCUT2D eigenvalue weighted by atomic mass is 10.00. The van der Waals surface area contributed by atoms with Gasteiger partial charge in [-0.15, -0.1) is 0 Å². The molecule has 1 fully saturated rings. The number of carboxylic acids is 1. The molecule has 1 aromatic rings. The van der Waals surface area contributed by atoms with Crippen LogP contribution in [-0.2, 0) is 14.3 Å². The first-order valence-corrected chi connectivity index (χ1v) is 6.97. The van der Waals surface area contributed by atoms with E-state index in [1.165, 1.54) is 12.1 Å². The molecular weight excluding hydrogens is 275 g/mol. The van der Waals surface area contributed by atoms with Crippen LogP contribution in [0.5, 0.6) is 0 Å². The Hall–Kier alpha value is -1.72. The maximum Gasteiger partial charge on any atom is 0.331 e. The largest absolute Gasteiger partial charge is 0.478 e. The SMILES string of the molecule is CCC(=Cc1ccc(F)cc1[C@@H](C)OC[C@H]1CO1)C(=O)O. The smallest absolute Gasteiger partial charge is 0.331 e. The summed E-state index contributed by atoms with van der Waals surface area (Å²) < 4.78 is 24.2. The second kappa shape index (κ2) is 6.83. The number of benzene rings is 1. The first kappa shape index (κ1) is 15.7. The molecule has 0 saturated carbocycles. The second-order valence-electron chi connectivity index (χ2n) is 5.03. The monoisotopic (exact) mass is 294 g/mol. The van der Waals surface area contributed by atoms with Gasteiger partial charge in [-0.25, -0.2) is 9.18 Å². The number of rotatable bonds is 7. The maximum absolute atomic E-state index is 13.5. The Bertz CT molecular complexity index is 549. The molecule has 114 valence electrons. The molecule has 1 aliphatic heterocycles. The number of ether oxygens (including phenoxy) is 2. The van der Waals surface area contributed by atoms with Crippen molar-refractivity contribution in [3.05, 3.63) is 40.7 Å². The van der Waals surface area contributed by atoms with Gasteiger partial charge in [-0.3, -0.25) is 0 Å². The molecule has 1 aromatic carbocycles. The van der Waals surface area contributed by atoms with Crippen molar-refractivity contribution in [2.75, 3.05) is 13.2 Å². The minimum atomic E-state index is -0.965. The lowest BCUT2D eigenvalue weighted by Gasteiger charge is -2.16. The van der Waals surface area contributed by atoms with Crippen molar-refractivity contribution in [1.82, 2.24) is 0 Å². The van der Waals surface area contributed by atoms with E-state index in [0.717, 1.165) is 0 Å². The zero-order valence-corrected chi connectivity index (χ0v) is 12.1. The van der Waals surface area contributed by atoms with Crippen LogP contribution in [0.3, 0.4) is 0 Å². The Balaban J connectivity index is 2.25. The standard InChI is InChI=1S/C16H19FO4/c1-3-11(16(18)19)6-12-4-5-13(17)7-15(12)10(2)20-8-14-9-21-14/h4-7,10,14H,3,8-9H2,1-2H3,(H,18,19)/t10-,14+/m1/s1. The van der Waals surface area contributed by atoms with E-state index in [-0.39, 0.29) is 23.6 Å². The minimum absolute atomic E-state index is 0.130. The predicted octanol–water partition coefficient (Wildman–Crippen LogP) is 3.18. The van der Waals surface area contributed by atoms with Crippen LogP contribution >= 0.6 is 0 Å². The van der Waals surface area contributed by atoms with Crippen LogP contribution < -0.4 is 0 Å². The van der Waals surface area contributed by atoms with E-state index in [0.29, 0.717) is 30.8 Å². The summed E-state index contributed by atoms with van der Waals surface area (Å²) in [5, 5.41) is 9.11. The topological polar surface area (TPSA) is 59.1 Å². The van der Waals surface area contributed by atoms with Gasteiger partial charge in [-0.1, -0.05) is 13.0 Å². The highest BCUT2D eigenvalue weighted by Gasteiger charge is 2.24. The lowest BCUT2D eigenvalue weighted by molar-refractivity contribution is -0.132. The van der Waals surface area contributed by atoms with Crippen molar-refractivity contribution in [1.29, 1.82) is 0 Å². The Morgan fingerprint density at radius 1 is 1.62 bits per heavy atom. The van der Waals surface area contributed by atoms with Crippen LogP contribution in [0.15, 0.2) is 23.8 Å². The lowest BCUT2D eigenvalue weighted by Crippen LogP contribution is -2.08. The average Bonchev–Trinajstić information content (AvgIpc) is 3.27. The molecule has 21 heavy (non-hydrogen) atoms. The zero-order chi connectivity index (χ0) is 15.4. The van der Waals surface area contributed by atoms with Crippen molar-refractivity contribution in [2.45, 2.75) is 32.5 Å². The molecule has 2 rings (SSSR count). The molecule has 2 atom stereocenters. The number of aliphatic carboxylic acids is 1. The first-order valence-electron chi connectivity index (χ1n) is 6.97. The van der Waals surface area contributed by atoms with Crippen molar-refractivity contribution in [2.24, 2.45) is 0 Å². The van der Waals surface area contributed by atoms with Gasteiger partial charge in [0, 0.05) is 5.57 Å². The van der Waals surface area contributed by atoms with Gasteiger partial charge in [0.05, 0.1) is 19.3 Å². The molecule has 0 amide bonds. The van der Waals surface area contributed by atoms with Crippen molar-refractivity contribution in [3.63, 3.8) is 0 Å². The second-order valence-corrected chi connectivity index (χ2v) is 5.03. The summed E-state index contributed by atoms with van der Waals surface area (Å²) in [4.78, 5) is 11.1. The summed E-state index contributed by atoms with van der Waals surface area (Å²) in [6.07, 6.45) is 1.77. The number of epoxide rings is 1. The van der Waals surface area contributed by atoms with Crippen LogP contribution in [0.1, 0.15) is 37.5 Å². The Morgan fingerprint density at radius 2 is 2.33 bits per heavy atom. The van der Waals surface area contributed by atoms with E-state index in [4.69, 9.17) is 14.6 Å². The highest BCUT2D eigenvalue weighted by Crippen LogP contribution is 2.26. The van der Waals surface area contributed by atoms with E-state index >= 15 is 0 Å². The van der Waals surface area contributed by atoms with E-state index in [1.807, 2.05) is 6.92 Å². The molecule has 0 aromatic heterocycles. The normalized spacial score (nSPS) is 19.4. The Kier molecular flexibility index (Phi) is 5.09. The number of halogens is 1. The molecule has 5 heteroatoms. The molecule has 1 aliphatic rings. The number of hydrogen-bond donors (Lipinski definition) is 1. The zero-order valence-electron chi connectivity index (χ0n) is 12.1. The van der Waals surface area contributed by atoms with Gasteiger partial charge >= 0.3 is 5.97 Å². The Morgan fingerprint density at radius 3 is 2.90 bits per heavy atom. The Labute approximate surface area is 123 Å². The summed E-state index contributed by atoms with van der Waals surface area (Å²) >= 11 is 0. The van der Waals surface area contributed by atoms with Gasteiger partial charge in [0.15, 0.2) is 0 Å². The van der Waals surface area contributed by atoms with Crippen LogP contribution in [0.2, 0.25) is 0 Å². The van der Waals surface area contributed by atoms with Gasteiger partial charge < -0.3 is 14.6 Å². The summed E-state index contributed by atoms with van der Waals surface area (Å²) in [7, 11) is 0. The van der Waals surface area contributed by atoms with Gasteiger partial charge in [0.2, 0.25) is 0 Å². The van der Waals surface area contributed by atoms with Crippen LogP contribution in [0, 0.1) is 5.82 Å². The van der Waals surface area contributed by atoms with Gasteiger partial charge in [-0.2, -0.15) is 0 Å². The van der Waals surface area contributed by atoms with E-state index in [2.05, 4.69) is 0 Å². The molecular formula is C16H19FO4. The summed E-state index contributed by atoms with van der Waals surface area (Å²) in [6, 6.07) is 4.29. The van der Waals surface area contributed by atoms with Crippen molar-refractivity contribution < 1.29 is 23.8 Å². The van der Waals surface area contributed by atoms with Gasteiger partial charge in [0.25, 0.3) is 0 Å².